The standard InChI is InChI=1S/C16H23N3O/c1-2-19(13-6-7-13)16(20)11-18-9-8-12-4-3-5-15(17)14(12)10-18/h3-5,13H,2,6-11,17H2,1H3. The van der Waals surface area contributed by atoms with Crippen LogP contribution in [-0.4, -0.2) is 41.4 Å². The number of benzene rings is 1. The van der Waals surface area contributed by atoms with Gasteiger partial charge in [-0.25, -0.2) is 0 Å². The van der Waals surface area contributed by atoms with Gasteiger partial charge in [0.25, 0.3) is 0 Å². The predicted octanol–water partition coefficient (Wildman–Crippen LogP) is 1.64. The zero-order chi connectivity index (χ0) is 14.1. The maximum Gasteiger partial charge on any atom is 0.236 e. The molecule has 1 heterocycles. The van der Waals surface area contributed by atoms with Crippen molar-refractivity contribution in [2.24, 2.45) is 0 Å². The van der Waals surface area contributed by atoms with Crippen molar-refractivity contribution in [1.29, 1.82) is 0 Å². The van der Waals surface area contributed by atoms with Crippen molar-refractivity contribution in [2.45, 2.75) is 38.8 Å². The van der Waals surface area contributed by atoms with Crippen LogP contribution in [0, 0.1) is 0 Å². The fourth-order valence-corrected chi connectivity index (χ4v) is 3.10. The van der Waals surface area contributed by atoms with Gasteiger partial charge in [-0.3, -0.25) is 9.69 Å². The Morgan fingerprint density at radius 3 is 2.95 bits per heavy atom. The minimum absolute atomic E-state index is 0.271. The summed E-state index contributed by atoms with van der Waals surface area (Å²) >= 11 is 0. The molecule has 1 aliphatic carbocycles. The molecule has 1 aromatic rings. The third-order valence-corrected chi connectivity index (χ3v) is 4.40. The molecule has 108 valence electrons. The van der Waals surface area contributed by atoms with Crippen LogP contribution in [0.4, 0.5) is 5.69 Å². The van der Waals surface area contributed by atoms with E-state index >= 15 is 0 Å². The van der Waals surface area contributed by atoms with Crippen molar-refractivity contribution in [3.05, 3.63) is 29.3 Å². The van der Waals surface area contributed by atoms with Gasteiger partial charge >= 0.3 is 0 Å². The lowest BCUT2D eigenvalue weighted by Crippen LogP contribution is -2.43. The Hall–Kier alpha value is -1.55. The summed E-state index contributed by atoms with van der Waals surface area (Å²) in [5.74, 6) is 0.271. The molecule has 1 amide bonds. The lowest BCUT2D eigenvalue weighted by atomic mass is 9.98. The molecule has 1 saturated carbocycles. The lowest BCUT2D eigenvalue weighted by molar-refractivity contribution is -0.133. The molecular formula is C16H23N3O. The van der Waals surface area contributed by atoms with Crippen LogP contribution in [0.5, 0.6) is 0 Å². The molecule has 0 aromatic heterocycles. The Labute approximate surface area is 120 Å². The van der Waals surface area contributed by atoms with Gasteiger partial charge in [0.1, 0.15) is 0 Å². The Balaban J connectivity index is 1.65. The van der Waals surface area contributed by atoms with E-state index in [2.05, 4.69) is 17.9 Å². The van der Waals surface area contributed by atoms with Gasteiger partial charge in [-0.05, 0) is 43.4 Å². The number of nitrogen functional groups attached to an aromatic ring is 1. The number of amides is 1. The highest BCUT2D eigenvalue weighted by atomic mass is 16.2. The van der Waals surface area contributed by atoms with Gasteiger partial charge in [0, 0.05) is 31.4 Å². The second-order valence-corrected chi connectivity index (χ2v) is 5.86. The Morgan fingerprint density at radius 1 is 1.45 bits per heavy atom. The van der Waals surface area contributed by atoms with E-state index in [1.807, 2.05) is 17.0 Å². The molecule has 4 nitrogen and oxygen atoms in total. The summed E-state index contributed by atoms with van der Waals surface area (Å²) in [6, 6.07) is 6.62. The van der Waals surface area contributed by atoms with Crippen LogP contribution in [0.15, 0.2) is 18.2 Å². The quantitative estimate of drug-likeness (QED) is 0.848. The van der Waals surface area contributed by atoms with Gasteiger partial charge in [-0.15, -0.1) is 0 Å². The Bertz CT molecular complexity index is 510. The van der Waals surface area contributed by atoms with E-state index in [9.17, 15) is 4.79 Å². The smallest absolute Gasteiger partial charge is 0.236 e. The van der Waals surface area contributed by atoms with Crippen LogP contribution < -0.4 is 5.73 Å². The largest absolute Gasteiger partial charge is 0.398 e. The monoisotopic (exact) mass is 273 g/mol. The zero-order valence-corrected chi connectivity index (χ0v) is 12.1. The predicted molar refractivity (Wildman–Crippen MR) is 80.2 cm³/mol. The third kappa shape index (κ3) is 2.66. The highest BCUT2D eigenvalue weighted by molar-refractivity contribution is 5.79. The van der Waals surface area contributed by atoms with Crippen molar-refractivity contribution >= 4 is 11.6 Å². The molecule has 1 aromatic carbocycles. The van der Waals surface area contributed by atoms with E-state index in [1.54, 1.807) is 0 Å². The van der Waals surface area contributed by atoms with E-state index in [0.717, 1.165) is 31.7 Å². The van der Waals surface area contributed by atoms with E-state index in [1.165, 1.54) is 24.0 Å². The number of nitrogens with zero attached hydrogens (tertiary/aromatic N) is 2. The van der Waals surface area contributed by atoms with Gasteiger partial charge in [0.2, 0.25) is 5.91 Å². The van der Waals surface area contributed by atoms with Crippen LogP contribution in [0.25, 0.3) is 0 Å². The Kier molecular flexibility index (Phi) is 3.66. The van der Waals surface area contributed by atoms with Crippen molar-refractivity contribution in [2.75, 3.05) is 25.4 Å². The minimum atomic E-state index is 0.271. The van der Waals surface area contributed by atoms with Gasteiger partial charge in [0.05, 0.1) is 6.54 Å². The van der Waals surface area contributed by atoms with Crippen LogP contribution >= 0.6 is 0 Å². The molecule has 3 rings (SSSR count). The number of carbonyl (C=O) groups excluding carboxylic acids is 1. The molecule has 0 spiro atoms. The normalized spacial score (nSPS) is 18.6. The molecule has 0 unspecified atom stereocenters. The summed E-state index contributed by atoms with van der Waals surface area (Å²) in [5.41, 5.74) is 9.46. The molecular weight excluding hydrogens is 250 g/mol. The fraction of sp³-hybridized carbons (Fsp3) is 0.562. The maximum atomic E-state index is 12.4. The van der Waals surface area contributed by atoms with Gasteiger partial charge in [0.15, 0.2) is 0 Å². The van der Waals surface area contributed by atoms with Crippen molar-refractivity contribution in [3.8, 4) is 0 Å². The average molecular weight is 273 g/mol. The first-order valence-electron chi connectivity index (χ1n) is 7.57. The molecule has 4 heteroatoms. The summed E-state index contributed by atoms with van der Waals surface area (Å²) < 4.78 is 0. The molecule has 20 heavy (non-hydrogen) atoms. The summed E-state index contributed by atoms with van der Waals surface area (Å²) in [6.07, 6.45) is 3.34. The summed E-state index contributed by atoms with van der Waals surface area (Å²) in [5, 5.41) is 0. The first-order valence-corrected chi connectivity index (χ1v) is 7.57. The lowest BCUT2D eigenvalue weighted by Gasteiger charge is -2.31. The SMILES string of the molecule is CCN(C(=O)CN1CCc2cccc(N)c2C1)C1CC1. The van der Waals surface area contributed by atoms with Crippen molar-refractivity contribution < 1.29 is 4.79 Å². The molecule has 0 bridgehead atoms. The van der Waals surface area contributed by atoms with Crippen LogP contribution in [0.3, 0.4) is 0 Å². The van der Waals surface area contributed by atoms with Gasteiger partial charge in [-0.1, -0.05) is 12.1 Å². The number of hydrogen-bond acceptors (Lipinski definition) is 3. The zero-order valence-electron chi connectivity index (χ0n) is 12.1. The number of nitrogens with two attached hydrogens (primary N) is 1. The van der Waals surface area contributed by atoms with Crippen molar-refractivity contribution in [1.82, 2.24) is 9.80 Å². The number of hydrogen-bond donors (Lipinski definition) is 1. The highest BCUT2D eigenvalue weighted by Crippen LogP contribution is 2.28. The average Bonchev–Trinajstić information content (AvgIpc) is 3.25. The first kappa shape index (κ1) is 13.4. The van der Waals surface area contributed by atoms with Crippen LogP contribution in [0.2, 0.25) is 0 Å². The first-order chi connectivity index (χ1) is 9.69. The van der Waals surface area contributed by atoms with E-state index in [0.29, 0.717) is 12.6 Å². The minimum Gasteiger partial charge on any atom is -0.398 e. The van der Waals surface area contributed by atoms with Crippen molar-refractivity contribution in [3.63, 3.8) is 0 Å². The van der Waals surface area contributed by atoms with Crippen LogP contribution in [-0.2, 0) is 17.8 Å². The molecule has 2 N–H and O–H groups in total. The van der Waals surface area contributed by atoms with E-state index in [-0.39, 0.29) is 5.91 Å². The number of likely N-dealkylation sites (N-methyl/N-ethyl adjacent to an activating group) is 1. The van der Waals surface area contributed by atoms with E-state index in [4.69, 9.17) is 5.73 Å². The summed E-state index contributed by atoms with van der Waals surface area (Å²) in [7, 11) is 0. The molecule has 1 aliphatic heterocycles. The van der Waals surface area contributed by atoms with E-state index < -0.39 is 0 Å². The molecule has 0 atom stereocenters. The van der Waals surface area contributed by atoms with Gasteiger partial charge < -0.3 is 10.6 Å². The molecule has 2 aliphatic rings. The fourth-order valence-electron chi connectivity index (χ4n) is 3.10. The number of rotatable bonds is 4. The third-order valence-electron chi connectivity index (χ3n) is 4.40. The maximum absolute atomic E-state index is 12.4. The topological polar surface area (TPSA) is 49.6 Å². The number of fused-ring (bicyclic) bond motifs is 1. The summed E-state index contributed by atoms with van der Waals surface area (Å²) in [6.45, 7) is 5.17. The second kappa shape index (κ2) is 5.44. The summed E-state index contributed by atoms with van der Waals surface area (Å²) in [4.78, 5) is 16.6. The molecule has 1 fully saturated rings. The molecule has 0 saturated heterocycles. The molecule has 0 radical (unpaired) electrons. The van der Waals surface area contributed by atoms with Crippen LogP contribution in [0.1, 0.15) is 30.9 Å². The second-order valence-electron chi connectivity index (χ2n) is 5.86. The van der Waals surface area contributed by atoms with Gasteiger partial charge in [-0.2, -0.15) is 0 Å². The highest BCUT2D eigenvalue weighted by Gasteiger charge is 2.32. The number of carbonyl (C=O) groups is 1. The Morgan fingerprint density at radius 2 is 2.25 bits per heavy atom. The number of anilines is 1.